The summed E-state index contributed by atoms with van der Waals surface area (Å²) in [6.07, 6.45) is -8.72. The summed E-state index contributed by atoms with van der Waals surface area (Å²) in [4.78, 5) is 1.85. The van der Waals surface area contributed by atoms with E-state index in [9.17, 15) is 26.3 Å². The minimum absolute atomic E-state index is 0.657. The van der Waals surface area contributed by atoms with Gasteiger partial charge in [-0.1, -0.05) is 24.3 Å². The molecular weight excluding hydrogens is 627 g/mol. The highest BCUT2D eigenvalue weighted by molar-refractivity contribution is 7.37. The summed E-state index contributed by atoms with van der Waals surface area (Å²) in [5.74, 6) is 0. The first-order valence-corrected chi connectivity index (χ1v) is 15.9. The average Bonchev–Trinajstić information content (AvgIpc) is 3.71. The van der Waals surface area contributed by atoms with Crippen LogP contribution in [0.1, 0.15) is 11.1 Å². The Morgan fingerprint density at radius 1 is 0.405 bits per heavy atom. The molecule has 0 saturated carbocycles. The fourth-order valence-electron chi connectivity index (χ4n) is 5.26. The van der Waals surface area contributed by atoms with Crippen LogP contribution in [-0.4, -0.2) is 0 Å². The smallest absolute Gasteiger partial charge is 0.166 e. The van der Waals surface area contributed by atoms with Gasteiger partial charge in [-0.05, 0) is 82.6 Å². The summed E-state index contributed by atoms with van der Waals surface area (Å²) < 4.78 is 84.8. The summed E-state index contributed by atoms with van der Waals surface area (Å²) in [7, 11) is 0. The number of thiophene rings is 4. The SMILES string of the molecule is FC(F)(F)c1ccc(-c2cc3cc4c(cc3s2)sc2c3cc5cc(-c6ccc(C(F)(F)F)cc6)sc5cc3sc42)cc1. The second-order valence-electron chi connectivity index (χ2n) is 10.0. The first-order chi connectivity index (χ1) is 20.0. The van der Waals surface area contributed by atoms with Crippen molar-refractivity contribution in [1.29, 1.82) is 0 Å². The number of fused-ring (bicyclic) bond motifs is 7. The molecular formula is C32H14F6S4. The lowest BCUT2D eigenvalue weighted by molar-refractivity contribution is -0.138. The molecule has 0 nitrogen and oxygen atoms in total. The molecule has 42 heavy (non-hydrogen) atoms. The van der Waals surface area contributed by atoms with Crippen molar-refractivity contribution in [3.8, 4) is 20.9 Å². The number of rotatable bonds is 2. The Bertz CT molecular complexity index is 2140. The van der Waals surface area contributed by atoms with Gasteiger partial charge < -0.3 is 0 Å². The third-order valence-electron chi connectivity index (χ3n) is 7.35. The zero-order valence-corrected chi connectivity index (χ0v) is 24.2. The van der Waals surface area contributed by atoms with Crippen molar-refractivity contribution in [2.24, 2.45) is 0 Å². The largest absolute Gasteiger partial charge is 0.416 e. The molecule has 0 saturated heterocycles. The van der Waals surface area contributed by atoms with E-state index in [-0.39, 0.29) is 0 Å². The molecule has 0 N–H and O–H groups in total. The summed E-state index contributed by atoms with van der Waals surface area (Å²) in [5.41, 5.74) is 0.206. The molecule has 4 aromatic heterocycles. The quantitative estimate of drug-likeness (QED) is 0.165. The molecule has 208 valence electrons. The number of hydrogen-bond acceptors (Lipinski definition) is 4. The standard InChI is InChI=1S/C32H14F6S4/c33-31(34,35)19-5-1-15(2-6-19)23-11-17-9-21-27(13-25(17)39-23)41-30-22-10-18-12-24(40-26(18)14-28(22)42-29(21)30)16-3-7-20(8-4-16)32(36,37)38/h1-14H. The molecule has 0 aliphatic carbocycles. The third kappa shape index (κ3) is 4.23. The second kappa shape index (κ2) is 9.03. The zero-order valence-electron chi connectivity index (χ0n) is 21.0. The normalized spacial score (nSPS) is 13.0. The van der Waals surface area contributed by atoms with Gasteiger partial charge in [0.05, 0.1) is 20.5 Å². The van der Waals surface area contributed by atoms with Crippen molar-refractivity contribution in [2.45, 2.75) is 12.4 Å². The topological polar surface area (TPSA) is 0 Å². The van der Waals surface area contributed by atoms with E-state index in [0.717, 1.165) is 85.5 Å². The maximum atomic E-state index is 13.0. The van der Waals surface area contributed by atoms with Crippen molar-refractivity contribution in [2.75, 3.05) is 0 Å². The van der Waals surface area contributed by atoms with E-state index in [1.54, 1.807) is 45.3 Å². The van der Waals surface area contributed by atoms with Gasteiger partial charge in [0.1, 0.15) is 0 Å². The van der Waals surface area contributed by atoms with Crippen LogP contribution >= 0.6 is 45.3 Å². The van der Waals surface area contributed by atoms with Crippen molar-refractivity contribution >= 4 is 95.1 Å². The molecule has 8 aromatic rings. The van der Waals surface area contributed by atoms with Gasteiger partial charge in [0.25, 0.3) is 0 Å². The maximum absolute atomic E-state index is 13.0. The van der Waals surface area contributed by atoms with Gasteiger partial charge in [0, 0.05) is 39.3 Å². The van der Waals surface area contributed by atoms with E-state index in [0.29, 0.717) is 0 Å². The van der Waals surface area contributed by atoms with Crippen LogP contribution < -0.4 is 0 Å². The van der Waals surface area contributed by atoms with Crippen LogP contribution in [-0.2, 0) is 12.4 Å². The summed E-state index contributed by atoms with van der Waals surface area (Å²) in [6.45, 7) is 0. The Labute approximate surface area is 249 Å². The molecule has 8 rings (SSSR count). The fraction of sp³-hybridized carbons (Fsp3) is 0.0625. The molecule has 0 radical (unpaired) electrons. The van der Waals surface area contributed by atoms with E-state index < -0.39 is 23.5 Å². The molecule has 0 bridgehead atoms. The van der Waals surface area contributed by atoms with Gasteiger partial charge in [-0.2, -0.15) is 26.3 Å². The summed E-state index contributed by atoms with van der Waals surface area (Å²) in [6, 6.07) is 23.3. The van der Waals surface area contributed by atoms with E-state index in [1.807, 2.05) is 12.1 Å². The lowest BCUT2D eigenvalue weighted by Crippen LogP contribution is -2.03. The predicted octanol–water partition coefficient (Wildman–Crippen LogP) is 13.1. The average molecular weight is 641 g/mol. The molecule has 0 spiro atoms. The lowest BCUT2D eigenvalue weighted by atomic mass is 10.1. The van der Waals surface area contributed by atoms with Crippen molar-refractivity contribution in [3.63, 3.8) is 0 Å². The number of alkyl halides is 6. The third-order valence-corrected chi connectivity index (χ3v) is 12.1. The first-order valence-electron chi connectivity index (χ1n) is 12.6. The van der Waals surface area contributed by atoms with Crippen LogP contribution in [0.5, 0.6) is 0 Å². The number of hydrogen-bond donors (Lipinski definition) is 0. The Balaban J connectivity index is 1.19. The molecule has 10 heteroatoms. The highest BCUT2D eigenvalue weighted by atomic mass is 32.1. The van der Waals surface area contributed by atoms with Gasteiger partial charge >= 0.3 is 12.4 Å². The van der Waals surface area contributed by atoms with Crippen LogP contribution in [0.3, 0.4) is 0 Å². The minimum Gasteiger partial charge on any atom is -0.166 e. The molecule has 0 atom stereocenters. The molecule has 0 unspecified atom stereocenters. The van der Waals surface area contributed by atoms with E-state index in [4.69, 9.17) is 0 Å². The highest BCUT2D eigenvalue weighted by Crippen LogP contribution is 2.49. The Morgan fingerprint density at radius 3 is 1.14 bits per heavy atom. The van der Waals surface area contributed by atoms with Gasteiger partial charge in [-0.3, -0.25) is 0 Å². The maximum Gasteiger partial charge on any atom is 0.416 e. The number of benzene rings is 4. The molecule has 0 amide bonds. The Kier molecular flexibility index (Phi) is 5.64. The van der Waals surface area contributed by atoms with E-state index in [1.165, 1.54) is 33.7 Å². The Hall–Kier alpha value is -3.44. The lowest BCUT2D eigenvalue weighted by Gasteiger charge is -2.06. The van der Waals surface area contributed by atoms with Crippen molar-refractivity contribution in [1.82, 2.24) is 0 Å². The molecule has 4 aromatic carbocycles. The van der Waals surface area contributed by atoms with Crippen LogP contribution in [0.2, 0.25) is 0 Å². The summed E-state index contributed by atoms with van der Waals surface area (Å²) >= 11 is 6.59. The molecule has 0 aliphatic rings. The Morgan fingerprint density at radius 2 is 0.786 bits per heavy atom. The first kappa shape index (κ1) is 26.2. The molecule has 0 fully saturated rings. The molecule has 0 aliphatic heterocycles. The van der Waals surface area contributed by atoms with Gasteiger partial charge in [0.15, 0.2) is 0 Å². The predicted molar refractivity (Wildman–Crippen MR) is 166 cm³/mol. The molecule has 4 heterocycles. The van der Waals surface area contributed by atoms with E-state index in [2.05, 4.69) is 24.3 Å². The van der Waals surface area contributed by atoms with Crippen LogP contribution in [0.4, 0.5) is 26.3 Å². The van der Waals surface area contributed by atoms with Crippen LogP contribution in [0.25, 0.3) is 70.6 Å². The van der Waals surface area contributed by atoms with Crippen LogP contribution in [0, 0.1) is 0 Å². The highest BCUT2D eigenvalue weighted by Gasteiger charge is 2.31. The van der Waals surface area contributed by atoms with Crippen molar-refractivity contribution in [3.05, 3.63) is 96.1 Å². The minimum atomic E-state index is -4.36. The zero-order chi connectivity index (χ0) is 29.0. The monoisotopic (exact) mass is 640 g/mol. The second-order valence-corrected chi connectivity index (χ2v) is 14.3. The fourth-order valence-corrected chi connectivity index (χ4v) is 10.3. The number of halogens is 6. The van der Waals surface area contributed by atoms with Gasteiger partial charge in [-0.25, -0.2) is 0 Å². The van der Waals surface area contributed by atoms with Crippen molar-refractivity contribution < 1.29 is 26.3 Å². The van der Waals surface area contributed by atoms with Gasteiger partial charge in [0.2, 0.25) is 0 Å². The van der Waals surface area contributed by atoms with Gasteiger partial charge in [-0.15, -0.1) is 45.3 Å². The van der Waals surface area contributed by atoms with E-state index >= 15 is 0 Å². The summed E-state index contributed by atoms with van der Waals surface area (Å²) in [5, 5.41) is 4.44. The van der Waals surface area contributed by atoms with Crippen LogP contribution in [0.15, 0.2) is 84.9 Å².